The average molecular weight is 474 g/mol. The summed E-state index contributed by atoms with van der Waals surface area (Å²) in [6, 6.07) is 9.62. The molecule has 0 saturated carbocycles. The minimum atomic E-state index is -1.63. The Labute approximate surface area is 194 Å². The Morgan fingerprint density at radius 1 is 0.882 bits per heavy atom. The predicted octanol–water partition coefficient (Wildman–Crippen LogP) is 1.00. The fraction of sp³-hybridized carbons (Fsp3) is 0.375. The molecule has 1 aliphatic heterocycles. The third kappa shape index (κ3) is 3.99. The fourth-order valence-corrected chi connectivity index (χ4v) is 4.13. The van der Waals surface area contributed by atoms with Crippen LogP contribution in [-0.4, -0.2) is 72.8 Å². The smallest absolute Gasteiger partial charge is 0.197 e. The van der Waals surface area contributed by atoms with E-state index in [1.165, 1.54) is 33.5 Å². The van der Waals surface area contributed by atoms with Crippen LogP contribution in [0.15, 0.2) is 45.6 Å². The second kappa shape index (κ2) is 9.61. The molecular weight excluding hydrogens is 448 g/mol. The molecule has 3 aromatic rings. The summed E-state index contributed by atoms with van der Waals surface area (Å²) in [5.74, 6) is 1.18. The van der Waals surface area contributed by atoms with E-state index in [2.05, 4.69) is 0 Å². The zero-order chi connectivity index (χ0) is 24.6. The minimum absolute atomic E-state index is 0.0128. The molecule has 0 spiro atoms. The van der Waals surface area contributed by atoms with E-state index in [1.54, 1.807) is 24.3 Å². The first-order chi connectivity index (χ1) is 16.3. The van der Waals surface area contributed by atoms with Crippen LogP contribution in [0.3, 0.4) is 0 Å². The highest BCUT2D eigenvalue weighted by Gasteiger charge is 2.46. The van der Waals surface area contributed by atoms with Crippen molar-refractivity contribution < 1.29 is 43.8 Å². The van der Waals surface area contributed by atoms with Crippen LogP contribution in [0.25, 0.3) is 22.3 Å². The van der Waals surface area contributed by atoms with Gasteiger partial charge in [-0.1, -0.05) is 0 Å². The minimum Gasteiger partial charge on any atom is -0.497 e. The maximum atomic E-state index is 13.2. The number of aliphatic hydroxyl groups is 4. The quantitative estimate of drug-likeness (QED) is 0.408. The molecule has 4 N–H and O–H groups in total. The Bertz CT molecular complexity index is 1220. The van der Waals surface area contributed by atoms with E-state index < -0.39 is 42.6 Å². The highest BCUT2D eigenvalue weighted by Crippen LogP contribution is 2.44. The number of hydrogen-bond acceptors (Lipinski definition) is 10. The van der Waals surface area contributed by atoms with Gasteiger partial charge < -0.3 is 43.8 Å². The molecule has 10 heteroatoms. The summed E-state index contributed by atoms with van der Waals surface area (Å²) in [6.45, 7) is -0.612. The second-order valence-electron chi connectivity index (χ2n) is 7.85. The van der Waals surface area contributed by atoms with Gasteiger partial charge in [0.15, 0.2) is 11.0 Å². The zero-order valence-electron chi connectivity index (χ0n) is 18.8. The van der Waals surface area contributed by atoms with Gasteiger partial charge in [0.1, 0.15) is 58.9 Å². The van der Waals surface area contributed by atoms with Gasteiger partial charge in [0, 0.05) is 17.7 Å². The van der Waals surface area contributed by atoms with Crippen molar-refractivity contribution in [1.82, 2.24) is 0 Å². The first-order valence-electron chi connectivity index (χ1n) is 10.5. The maximum Gasteiger partial charge on any atom is 0.197 e. The molecule has 4 rings (SSSR count). The number of aliphatic hydroxyl groups excluding tert-OH is 4. The predicted molar refractivity (Wildman–Crippen MR) is 120 cm³/mol. The van der Waals surface area contributed by atoms with E-state index in [0.717, 1.165) is 0 Å². The molecule has 34 heavy (non-hydrogen) atoms. The van der Waals surface area contributed by atoms with Gasteiger partial charge in [0.05, 0.1) is 33.5 Å². The largest absolute Gasteiger partial charge is 0.497 e. The number of ether oxygens (including phenoxy) is 4. The van der Waals surface area contributed by atoms with Crippen LogP contribution in [0.4, 0.5) is 0 Å². The third-order valence-electron chi connectivity index (χ3n) is 5.96. The Balaban J connectivity index is 1.99. The fourth-order valence-electron chi connectivity index (χ4n) is 4.13. The van der Waals surface area contributed by atoms with E-state index in [9.17, 15) is 25.2 Å². The summed E-state index contributed by atoms with van der Waals surface area (Å²) in [5, 5.41) is 41.0. The third-order valence-corrected chi connectivity index (χ3v) is 5.96. The molecule has 1 fully saturated rings. The van der Waals surface area contributed by atoms with Gasteiger partial charge in [-0.15, -0.1) is 0 Å². The topological polar surface area (TPSA) is 148 Å². The van der Waals surface area contributed by atoms with Crippen molar-refractivity contribution >= 4 is 11.0 Å². The SMILES string of the molecule is COc1ccc(-c2cc(=O)c3c(OC)cc(OC)c([C@@H]4O[C@H](CO)[C@@H](O)[C@H](O)[C@H]4O)c3o2)cc1. The van der Waals surface area contributed by atoms with Gasteiger partial charge in [0.2, 0.25) is 0 Å². The molecule has 2 aromatic carbocycles. The van der Waals surface area contributed by atoms with Crippen molar-refractivity contribution in [2.75, 3.05) is 27.9 Å². The van der Waals surface area contributed by atoms with E-state index in [0.29, 0.717) is 11.3 Å². The zero-order valence-corrected chi connectivity index (χ0v) is 18.8. The maximum absolute atomic E-state index is 13.2. The molecule has 0 radical (unpaired) electrons. The molecule has 0 amide bonds. The summed E-state index contributed by atoms with van der Waals surface area (Å²) in [6.07, 6.45) is -7.25. The lowest BCUT2D eigenvalue weighted by molar-refractivity contribution is -0.231. The van der Waals surface area contributed by atoms with Crippen molar-refractivity contribution in [2.45, 2.75) is 30.5 Å². The molecule has 2 heterocycles. The van der Waals surface area contributed by atoms with Gasteiger partial charge >= 0.3 is 0 Å². The molecule has 10 nitrogen and oxygen atoms in total. The van der Waals surface area contributed by atoms with Crippen molar-refractivity contribution in [3.63, 3.8) is 0 Å². The lowest BCUT2D eigenvalue weighted by Crippen LogP contribution is -2.55. The summed E-state index contributed by atoms with van der Waals surface area (Å²) >= 11 is 0. The monoisotopic (exact) mass is 474 g/mol. The molecule has 1 saturated heterocycles. The van der Waals surface area contributed by atoms with Crippen LogP contribution in [0.5, 0.6) is 17.2 Å². The number of benzene rings is 2. The van der Waals surface area contributed by atoms with Gasteiger partial charge in [-0.3, -0.25) is 4.79 Å². The van der Waals surface area contributed by atoms with Crippen molar-refractivity contribution in [2.24, 2.45) is 0 Å². The van der Waals surface area contributed by atoms with Crippen LogP contribution >= 0.6 is 0 Å². The average Bonchev–Trinajstić information content (AvgIpc) is 2.86. The lowest BCUT2D eigenvalue weighted by Gasteiger charge is -2.40. The van der Waals surface area contributed by atoms with Gasteiger partial charge in [-0.05, 0) is 24.3 Å². The van der Waals surface area contributed by atoms with Crippen molar-refractivity contribution in [3.8, 4) is 28.6 Å². The molecule has 0 bridgehead atoms. The molecule has 0 unspecified atom stereocenters. The van der Waals surface area contributed by atoms with Crippen molar-refractivity contribution in [1.29, 1.82) is 0 Å². The molecule has 1 aliphatic rings. The van der Waals surface area contributed by atoms with E-state index >= 15 is 0 Å². The Morgan fingerprint density at radius 3 is 2.15 bits per heavy atom. The number of fused-ring (bicyclic) bond motifs is 1. The lowest BCUT2D eigenvalue weighted by atomic mass is 9.89. The molecule has 0 aliphatic carbocycles. The Hall–Kier alpha value is -3.15. The summed E-state index contributed by atoms with van der Waals surface area (Å²) < 4.78 is 27.9. The molecule has 182 valence electrons. The van der Waals surface area contributed by atoms with Crippen molar-refractivity contribution in [3.05, 3.63) is 52.2 Å². The number of hydrogen-bond donors (Lipinski definition) is 4. The standard InChI is InChI=1S/C24H26O10/c1-30-12-6-4-11(5-7-12)14-8-13(26)18-15(31-2)9-16(32-3)19(23(18)33-14)24-22(29)21(28)20(27)17(10-25)34-24/h4-9,17,20-22,24-25,27-29H,10H2,1-3H3/t17-,20-,21+,22-,24+/m1/s1. The summed E-state index contributed by atoms with van der Waals surface area (Å²) in [5.41, 5.74) is 0.306. The van der Waals surface area contributed by atoms with Crippen LogP contribution in [0.1, 0.15) is 11.7 Å². The first-order valence-corrected chi connectivity index (χ1v) is 10.5. The van der Waals surface area contributed by atoms with Crippen LogP contribution < -0.4 is 19.6 Å². The van der Waals surface area contributed by atoms with E-state index in [4.69, 9.17) is 23.4 Å². The Kier molecular flexibility index (Phi) is 6.78. The first kappa shape index (κ1) is 24.0. The second-order valence-corrected chi connectivity index (χ2v) is 7.85. The van der Waals surface area contributed by atoms with E-state index in [1.807, 2.05) is 0 Å². The van der Waals surface area contributed by atoms with Gasteiger partial charge in [-0.2, -0.15) is 0 Å². The molecular formula is C24H26O10. The molecule has 5 atom stereocenters. The normalized spacial score (nSPS) is 24.7. The Morgan fingerprint density at radius 2 is 1.56 bits per heavy atom. The summed E-state index contributed by atoms with van der Waals surface area (Å²) in [4.78, 5) is 13.2. The number of methoxy groups -OCH3 is 3. The molecule has 1 aromatic heterocycles. The van der Waals surface area contributed by atoms with Gasteiger partial charge in [0.25, 0.3) is 0 Å². The van der Waals surface area contributed by atoms with Gasteiger partial charge in [-0.25, -0.2) is 0 Å². The number of rotatable bonds is 6. The van der Waals surface area contributed by atoms with E-state index in [-0.39, 0.29) is 33.8 Å². The highest BCUT2D eigenvalue weighted by atomic mass is 16.5. The van der Waals surface area contributed by atoms with Crippen LogP contribution in [0.2, 0.25) is 0 Å². The summed E-state index contributed by atoms with van der Waals surface area (Å²) in [7, 11) is 4.30. The van der Waals surface area contributed by atoms with Crippen LogP contribution in [-0.2, 0) is 4.74 Å². The highest BCUT2D eigenvalue weighted by molar-refractivity contribution is 5.90. The van der Waals surface area contributed by atoms with Crippen LogP contribution in [0, 0.1) is 0 Å².